The monoisotopic (exact) mass is 379 g/mol. The van der Waals surface area contributed by atoms with Crippen LogP contribution in [0.25, 0.3) is 0 Å². The first-order chi connectivity index (χ1) is 10.4. The average molecular weight is 380 g/mol. The van der Waals surface area contributed by atoms with Crippen molar-refractivity contribution in [2.24, 2.45) is 17.8 Å². The second-order valence-corrected chi connectivity index (χ2v) is 10.5. The normalized spacial score (nSPS) is 36.3. The van der Waals surface area contributed by atoms with E-state index in [-0.39, 0.29) is 10.5 Å². The van der Waals surface area contributed by atoms with E-state index >= 15 is 0 Å². The van der Waals surface area contributed by atoms with Crippen LogP contribution in [0.5, 0.6) is 0 Å². The number of nitrogens with zero attached hydrogens (tertiary/aromatic N) is 1. The Hall–Kier alpha value is -0.860. The van der Waals surface area contributed by atoms with Crippen molar-refractivity contribution < 1.29 is 8.42 Å². The molecule has 5 heteroatoms. The maximum Gasteiger partial charge on any atom is 0.185 e. The van der Waals surface area contributed by atoms with Gasteiger partial charge in [-0.2, -0.15) is 5.26 Å². The Bertz CT molecular complexity index is 743. The molecule has 22 heavy (non-hydrogen) atoms. The van der Waals surface area contributed by atoms with Crippen molar-refractivity contribution in [3.63, 3.8) is 0 Å². The van der Waals surface area contributed by atoms with E-state index in [1.165, 1.54) is 19.3 Å². The molecule has 4 aliphatic carbocycles. The van der Waals surface area contributed by atoms with Crippen molar-refractivity contribution in [2.45, 2.75) is 48.2 Å². The molecule has 0 amide bonds. The van der Waals surface area contributed by atoms with Gasteiger partial charge < -0.3 is 0 Å². The van der Waals surface area contributed by atoms with Crippen LogP contribution in [0.15, 0.2) is 27.6 Å². The third-order valence-electron chi connectivity index (χ3n) is 5.93. The molecule has 0 heterocycles. The number of hydrogen-bond donors (Lipinski definition) is 0. The van der Waals surface area contributed by atoms with Crippen LogP contribution in [0.4, 0.5) is 0 Å². The lowest BCUT2D eigenvalue weighted by atomic mass is 9.56. The van der Waals surface area contributed by atoms with Gasteiger partial charge in [-0.05, 0) is 84.3 Å². The highest BCUT2D eigenvalue weighted by Crippen LogP contribution is 2.59. The molecular formula is C17H18BrNO2S. The van der Waals surface area contributed by atoms with Crippen molar-refractivity contribution in [1.29, 1.82) is 5.26 Å². The summed E-state index contributed by atoms with van der Waals surface area (Å²) in [4.78, 5) is 0.228. The van der Waals surface area contributed by atoms with E-state index in [2.05, 4.69) is 22.0 Å². The number of rotatable bonds is 2. The van der Waals surface area contributed by atoms with Gasteiger partial charge >= 0.3 is 0 Å². The van der Waals surface area contributed by atoms with Crippen LogP contribution in [-0.4, -0.2) is 13.2 Å². The van der Waals surface area contributed by atoms with E-state index in [1.807, 2.05) is 0 Å². The third kappa shape index (κ3) is 1.93. The second-order valence-electron chi connectivity index (χ2n) is 7.33. The van der Waals surface area contributed by atoms with Gasteiger partial charge in [0, 0.05) is 4.47 Å². The summed E-state index contributed by atoms with van der Waals surface area (Å²) in [6.45, 7) is 0. The predicted octanol–water partition coefficient (Wildman–Crippen LogP) is 4.06. The first kappa shape index (κ1) is 14.7. The van der Waals surface area contributed by atoms with E-state index in [0.717, 1.165) is 19.3 Å². The lowest BCUT2D eigenvalue weighted by Crippen LogP contribution is -2.54. The number of nitriles is 1. The third-order valence-corrected chi connectivity index (χ3v) is 9.15. The minimum absolute atomic E-state index is 0.228. The molecule has 5 rings (SSSR count). The Morgan fingerprint density at radius 1 is 1.09 bits per heavy atom. The van der Waals surface area contributed by atoms with Gasteiger partial charge in [0.1, 0.15) is 6.07 Å². The van der Waals surface area contributed by atoms with Crippen molar-refractivity contribution >= 4 is 25.8 Å². The number of sulfone groups is 1. The van der Waals surface area contributed by atoms with Crippen molar-refractivity contribution in [2.75, 3.05) is 0 Å². The van der Waals surface area contributed by atoms with Crippen molar-refractivity contribution in [3.05, 3.63) is 28.2 Å². The smallest absolute Gasteiger partial charge is 0.185 e. The molecule has 0 spiro atoms. The Labute approximate surface area is 139 Å². The molecule has 0 N–H and O–H groups in total. The largest absolute Gasteiger partial charge is 0.223 e. The van der Waals surface area contributed by atoms with E-state index < -0.39 is 14.6 Å². The maximum absolute atomic E-state index is 13.4. The van der Waals surface area contributed by atoms with Crippen LogP contribution in [0.1, 0.15) is 44.1 Å². The second kappa shape index (κ2) is 4.82. The van der Waals surface area contributed by atoms with Crippen LogP contribution in [0.3, 0.4) is 0 Å². The number of benzene rings is 1. The van der Waals surface area contributed by atoms with Gasteiger partial charge in [0.05, 0.1) is 15.2 Å². The van der Waals surface area contributed by atoms with Gasteiger partial charge in [-0.1, -0.05) is 6.07 Å². The van der Waals surface area contributed by atoms with E-state index in [9.17, 15) is 13.7 Å². The molecule has 0 atom stereocenters. The SMILES string of the molecule is N#Cc1c(Br)cccc1S(=O)(=O)C12CC3CC(CC(C3)C1)C2. The number of halogens is 1. The first-order valence-corrected chi connectivity index (χ1v) is 10.2. The van der Waals surface area contributed by atoms with Gasteiger partial charge in [-0.25, -0.2) is 8.42 Å². The Morgan fingerprint density at radius 2 is 1.64 bits per heavy atom. The molecule has 116 valence electrons. The predicted molar refractivity (Wildman–Crippen MR) is 86.9 cm³/mol. The van der Waals surface area contributed by atoms with Crippen molar-refractivity contribution in [1.82, 2.24) is 0 Å². The molecule has 4 aliphatic rings. The molecule has 3 nitrogen and oxygen atoms in total. The molecule has 4 fully saturated rings. The highest BCUT2D eigenvalue weighted by molar-refractivity contribution is 9.10. The zero-order valence-electron chi connectivity index (χ0n) is 12.3. The standard InChI is InChI=1S/C17H18BrNO2S/c18-15-2-1-3-16(14(15)10-19)22(20,21)17-7-11-4-12(8-17)6-13(5-11)9-17/h1-3,11-13H,4-9H2. The summed E-state index contributed by atoms with van der Waals surface area (Å²) in [6.07, 6.45) is 5.99. The first-order valence-electron chi connectivity index (χ1n) is 7.88. The minimum atomic E-state index is -3.48. The fraction of sp³-hybridized carbons (Fsp3) is 0.588. The quantitative estimate of drug-likeness (QED) is 0.777. The summed E-state index contributed by atoms with van der Waals surface area (Å²) in [5, 5.41) is 9.40. The van der Waals surface area contributed by atoms with Gasteiger partial charge in [-0.15, -0.1) is 0 Å². The highest BCUT2D eigenvalue weighted by atomic mass is 79.9. The summed E-state index contributed by atoms with van der Waals surface area (Å²) in [6, 6.07) is 7.14. The molecule has 4 bridgehead atoms. The van der Waals surface area contributed by atoms with E-state index in [1.54, 1.807) is 18.2 Å². The van der Waals surface area contributed by atoms with Gasteiger partial charge in [0.2, 0.25) is 0 Å². The zero-order chi connectivity index (χ0) is 15.5. The summed E-state index contributed by atoms with van der Waals surface area (Å²) < 4.78 is 26.8. The van der Waals surface area contributed by atoms with E-state index in [4.69, 9.17) is 0 Å². The summed E-state index contributed by atoms with van der Waals surface area (Å²) in [5.74, 6) is 1.70. The summed E-state index contributed by atoms with van der Waals surface area (Å²) in [7, 11) is -3.48. The van der Waals surface area contributed by atoms with Crippen LogP contribution in [0.2, 0.25) is 0 Å². The van der Waals surface area contributed by atoms with Crippen LogP contribution in [0, 0.1) is 29.1 Å². The molecular weight excluding hydrogens is 362 g/mol. The van der Waals surface area contributed by atoms with Crippen molar-refractivity contribution in [3.8, 4) is 6.07 Å². The van der Waals surface area contributed by atoms with Gasteiger partial charge in [0.15, 0.2) is 9.84 Å². The van der Waals surface area contributed by atoms with Crippen LogP contribution >= 0.6 is 15.9 Å². The van der Waals surface area contributed by atoms with Crippen LogP contribution in [-0.2, 0) is 9.84 Å². The van der Waals surface area contributed by atoms with Crippen LogP contribution < -0.4 is 0 Å². The zero-order valence-corrected chi connectivity index (χ0v) is 14.7. The molecule has 0 aliphatic heterocycles. The highest BCUT2D eigenvalue weighted by Gasteiger charge is 2.58. The Morgan fingerprint density at radius 3 is 2.14 bits per heavy atom. The van der Waals surface area contributed by atoms with E-state index in [0.29, 0.717) is 22.2 Å². The molecule has 0 radical (unpaired) electrons. The summed E-state index contributed by atoms with van der Waals surface area (Å²) >= 11 is 3.32. The van der Waals surface area contributed by atoms with Gasteiger partial charge in [-0.3, -0.25) is 0 Å². The average Bonchev–Trinajstić information content (AvgIpc) is 2.45. The minimum Gasteiger partial charge on any atom is -0.223 e. The molecule has 1 aromatic rings. The molecule has 1 aromatic carbocycles. The lowest BCUT2D eigenvalue weighted by molar-refractivity contribution is 0.0339. The Kier molecular flexibility index (Phi) is 3.22. The van der Waals surface area contributed by atoms with Gasteiger partial charge in [0.25, 0.3) is 0 Å². The molecule has 0 aromatic heterocycles. The maximum atomic E-state index is 13.4. The molecule has 0 unspecified atom stereocenters. The summed E-state index contributed by atoms with van der Waals surface area (Å²) in [5.41, 5.74) is 0.262. The fourth-order valence-electron chi connectivity index (χ4n) is 5.43. The fourth-order valence-corrected chi connectivity index (χ4v) is 8.53. The lowest BCUT2D eigenvalue weighted by Gasteiger charge is -2.55. The number of hydrogen-bond acceptors (Lipinski definition) is 3. The molecule has 4 saturated carbocycles. The molecule has 0 saturated heterocycles. The topological polar surface area (TPSA) is 57.9 Å². The Balaban J connectivity index is 1.86.